The van der Waals surface area contributed by atoms with Gasteiger partial charge in [-0.2, -0.15) is 0 Å². The largest absolute Gasteiger partial charge is 0.477 e. The molecular formula is C11H6O5S2. The van der Waals surface area contributed by atoms with Crippen molar-refractivity contribution in [1.82, 2.24) is 0 Å². The predicted molar refractivity (Wildman–Crippen MR) is 66.0 cm³/mol. The van der Waals surface area contributed by atoms with E-state index >= 15 is 0 Å². The number of carbonyl (C=O) groups excluding carboxylic acids is 1. The molecule has 5 nitrogen and oxygen atoms in total. The Hall–Kier alpha value is -1.99. The lowest BCUT2D eigenvalue weighted by Crippen LogP contribution is -2.09. The smallest absolute Gasteiger partial charge is 0.346 e. The van der Waals surface area contributed by atoms with Crippen molar-refractivity contribution in [3.8, 4) is 0 Å². The van der Waals surface area contributed by atoms with Crippen molar-refractivity contribution in [3.05, 3.63) is 43.8 Å². The number of aromatic carboxylic acids is 2. The molecule has 0 saturated carbocycles. The number of carboxylic acid groups (broad SMARTS) is 2. The summed E-state index contributed by atoms with van der Waals surface area (Å²) in [6, 6.07) is 2.78. The highest BCUT2D eigenvalue weighted by Crippen LogP contribution is 2.24. The second-order valence-electron chi connectivity index (χ2n) is 3.27. The standard InChI is InChI=1S/C11H6O5S2/c12-7(5-1-3-17-8(5)10(13)14)6-2-4-18-9(6)11(15)16/h1-4H,(H,13,14)(H,15,16). The summed E-state index contributed by atoms with van der Waals surface area (Å²) in [6.45, 7) is 0. The van der Waals surface area contributed by atoms with Gasteiger partial charge in [-0.15, -0.1) is 22.7 Å². The van der Waals surface area contributed by atoms with Gasteiger partial charge in [0.25, 0.3) is 0 Å². The quantitative estimate of drug-likeness (QED) is 0.840. The van der Waals surface area contributed by atoms with Crippen LogP contribution in [-0.4, -0.2) is 27.9 Å². The Labute approximate surface area is 109 Å². The fourth-order valence-electron chi connectivity index (χ4n) is 1.45. The molecule has 2 heterocycles. The predicted octanol–water partition coefficient (Wildman–Crippen LogP) is 2.44. The highest BCUT2D eigenvalue weighted by atomic mass is 32.1. The fourth-order valence-corrected chi connectivity index (χ4v) is 2.91. The molecule has 18 heavy (non-hydrogen) atoms. The van der Waals surface area contributed by atoms with Crippen molar-refractivity contribution in [3.63, 3.8) is 0 Å². The minimum absolute atomic E-state index is 0.0217. The second-order valence-corrected chi connectivity index (χ2v) is 5.10. The Bertz CT molecular complexity index is 583. The molecule has 0 fully saturated rings. The van der Waals surface area contributed by atoms with Crippen LogP contribution in [0.5, 0.6) is 0 Å². The van der Waals surface area contributed by atoms with Gasteiger partial charge in [0.15, 0.2) is 5.78 Å². The Morgan fingerprint density at radius 1 is 0.833 bits per heavy atom. The summed E-state index contributed by atoms with van der Waals surface area (Å²) in [6.07, 6.45) is 0. The van der Waals surface area contributed by atoms with Gasteiger partial charge in [-0.25, -0.2) is 9.59 Å². The Balaban J connectivity index is 2.48. The summed E-state index contributed by atoms with van der Waals surface area (Å²) in [5.41, 5.74) is 0.0433. The lowest BCUT2D eigenvalue weighted by Gasteiger charge is -1.99. The number of hydrogen-bond donors (Lipinski definition) is 2. The third kappa shape index (κ3) is 2.05. The van der Waals surface area contributed by atoms with Crippen LogP contribution in [0.2, 0.25) is 0 Å². The molecule has 2 rings (SSSR count). The highest BCUT2D eigenvalue weighted by molar-refractivity contribution is 7.13. The molecule has 0 saturated heterocycles. The van der Waals surface area contributed by atoms with E-state index in [2.05, 4.69) is 0 Å². The van der Waals surface area contributed by atoms with E-state index in [0.717, 1.165) is 22.7 Å². The number of carbonyl (C=O) groups is 3. The van der Waals surface area contributed by atoms with Crippen molar-refractivity contribution in [1.29, 1.82) is 0 Å². The average molecular weight is 282 g/mol. The maximum absolute atomic E-state index is 12.1. The third-order valence-electron chi connectivity index (χ3n) is 2.21. The van der Waals surface area contributed by atoms with Gasteiger partial charge >= 0.3 is 11.9 Å². The van der Waals surface area contributed by atoms with E-state index in [1.165, 1.54) is 22.9 Å². The molecule has 92 valence electrons. The summed E-state index contributed by atoms with van der Waals surface area (Å²) in [5.74, 6) is -2.96. The van der Waals surface area contributed by atoms with E-state index in [1.54, 1.807) is 0 Å². The first-order chi connectivity index (χ1) is 8.52. The number of hydrogen-bond acceptors (Lipinski definition) is 5. The van der Waals surface area contributed by atoms with E-state index < -0.39 is 17.7 Å². The van der Waals surface area contributed by atoms with Gasteiger partial charge in [0.1, 0.15) is 9.75 Å². The second kappa shape index (κ2) is 4.71. The van der Waals surface area contributed by atoms with Crippen LogP contribution in [0.4, 0.5) is 0 Å². The normalized spacial score (nSPS) is 10.2. The first kappa shape index (κ1) is 12.5. The SMILES string of the molecule is O=C(c1ccsc1C(=O)O)c1ccsc1C(=O)O. The molecule has 0 radical (unpaired) electrons. The third-order valence-corrected chi connectivity index (χ3v) is 4.01. The Kier molecular flexibility index (Phi) is 3.26. The first-order valence-electron chi connectivity index (χ1n) is 4.68. The van der Waals surface area contributed by atoms with Crippen molar-refractivity contribution < 1.29 is 24.6 Å². The van der Waals surface area contributed by atoms with E-state index in [9.17, 15) is 14.4 Å². The van der Waals surface area contributed by atoms with Crippen LogP contribution >= 0.6 is 22.7 Å². The zero-order valence-electron chi connectivity index (χ0n) is 8.75. The van der Waals surface area contributed by atoms with Gasteiger partial charge in [-0.05, 0) is 22.9 Å². The Morgan fingerprint density at radius 3 is 1.56 bits per heavy atom. The van der Waals surface area contributed by atoms with E-state index in [-0.39, 0.29) is 20.9 Å². The summed E-state index contributed by atoms with van der Waals surface area (Å²) in [4.78, 5) is 33.8. The lowest BCUT2D eigenvalue weighted by atomic mass is 10.0. The van der Waals surface area contributed by atoms with Gasteiger partial charge in [0.05, 0.1) is 0 Å². The molecule has 0 spiro atoms. The van der Waals surface area contributed by atoms with Crippen LogP contribution in [0.3, 0.4) is 0 Å². The maximum Gasteiger partial charge on any atom is 0.346 e. The molecule has 2 N–H and O–H groups in total. The van der Waals surface area contributed by atoms with E-state index in [0.29, 0.717) is 0 Å². The van der Waals surface area contributed by atoms with Crippen LogP contribution in [0, 0.1) is 0 Å². The zero-order chi connectivity index (χ0) is 13.3. The Morgan fingerprint density at radius 2 is 1.22 bits per heavy atom. The molecule has 2 aromatic rings. The molecule has 0 aliphatic rings. The first-order valence-corrected chi connectivity index (χ1v) is 6.44. The number of rotatable bonds is 4. The molecule has 0 aromatic carbocycles. The van der Waals surface area contributed by atoms with E-state index in [1.807, 2.05) is 0 Å². The monoisotopic (exact) mass is 282 g/mol. The average Bonchev–Trinajstić information content (AvgIpc) is 2.97. The zero-order valence-corrected chi connectivity index (χ0v) is 10.4. The van der Waals surface area contributed by atoms with Gasteiger partial charge in [-0.1, -0.05) is 0 Å². The lowest BCUT2D eigenvalue weighted by molar-refractivity contribution is 0.0691. The summed E-state index contributed by atoms with van der Waals surface area (Å²) < 4.78 is 0. The van der Waals surface area contributed by atoms with Gasteiger partial charge in [-0.3, -0.25) is 4.79 Å². The summed E-state index contributed by atoms with van der Waals surface area (Å²) in [5, 5.41) is 20.8. The molecule has 0 bridgehead atoms. The molecule has 7 heteroatoms. The number of ketones is 1. The van der Waals surface area contributed by atoms with E-state index in [4.69, 9.17) is 10.2 Å². The van der Waals surface area contributed by atoms with Crippen LogP contribution < -0.4 is 0 Å². The fraction of sp³-hybridized carbons (Fsp3) is 0. The molecule has 0 unspecified atom stereocenters. The van der Waals surface area contributed by atoms with Gasteiger partial charge in [0.2, 0.25) is 0 Å². The molecular weight excluding hydrogens is 276 g/mol. The van der Waals surface area contributed by atoms with Crippen LogP contribution in [-0.2, 0) is 0 Å². The van der Waals surface area contributed by atoms with Crippen molar-refractivity contribution in [2.24, 2.45) is 0 Å². The van der Waals surface area contributed by atoms with Gasteiger partial charge in [0, 0.05) is 11.1 Å². The number of thiophene rings is 2. The van der Waals surface area contributed by atoms with Gasteiger partial charge < -0.3 is 10.2 Å². The van der Waals surface area contributed by atoms with Crippen molar-refractivity contribution in [2.75, 3.05) is 0 Å². The van der Waals surface area contributed by atoms with Crippen molar-refractivity contribution in [2.45, 2.75) is 0 Å². The van der Waals surface area contributed by atoms with Crippen molar-refractivity contribution >= 4 is 40.4 Å². The highest BCUT2D eigenvalue weighted by Gasteiger charge is 2.24. The molecule has 2 aromatic heterocycles. The summed E-state index contributed by atoms with van der Waals surface area (Å²) in [7, 11) is 0. The molecule has 0 atom stereocenters. The maximum atomic E-state index is 12.1. The number of carboxylic acids is 2. The molecule has 0 aliphatic heterocycles. The molecule has 0 aliphatic carbocycles. The minimum Gasteiger partial charge on any atom is -0.477 e. The topological polar surface area (TPSA) is 91.7 Å². The van der Waals surface area contributed by atoms with Crippen LogP contribution in [0.25, 0.3) is 0 Å². The van der Waals surface area contributed by atoms with Crippen LogP contribution in [0.1, 0.15) is 35.3 Å². The molecule has 0 amide bonds. The summed E-state index contributed by atoms with van der Waals surface area (Å²) >= 11 is 1.87. The van der Waals surface area contributed by atoms with Crippen LogP contribution in [0.15, 0.2) is 22.9 Å². The minimum atomic E-state index is -1.19.